The van der Waals surface area contributed by atoms with Gasteiger partial charge >= 0.3 is 0 Å². The number of anilines is 2. The number of carbonyl (C=O) groups excluding carboxylic acids is 2. The zero-order chi connectivity index (χ0) is 31.4. The number of nitro benzene ring substituents is 1. The van der Waals surface area contributed by atoms with Gasteiger partial charge in [-0.05, 0) is 66.1 Å². The molecule has 0 spiro atoms. The minimum Gasteiger partial charge on any atom is -0.497 e. The van der Waals surface area contributed by atoms with Crippen LogP contribution in [0.5, 0.6) is 5.75 Å². The van der Waals surface area contributed by atoms with Crippen LogP contribution in [0.1, 0.15) is 21.5 Å². The number of fused-ring (bicyclic) bond motifs is 1. The zero-order valence-electron chi connectivity index (χ0n) is 24.0. The lowest BCUT2D eigenvalue weighted by atomic mass is 10.0. The molecule has 0 saturated carbocycles. The highest BCUT2D eigenvalue weighted by Gasteiger charge is 2.33. The molecule has 0 radical (unpaired) electrons. The molecule has 12 heteroatoms. The van der Waals surface area contributed by atoms with E-state index >= 15 is 0 Å². The van der Waals surface area contributed by atoms with Gasteiger partial charge in [0.1, 0.15) is 11.8 Å². The molecule has 44 heavy (non-hydrogen) atoms. The third-order valence-electron chi connectivity index (χ3n) is 7.49. The Labute approximate surface area is 254 Å². The van der Waals surface area contributed by atoms with Crippen molar-refractivity contribution in [3.05, 3.63) is 124 Å². The summed E-state index contributed by atoms with van der Waals surface area (Å²) >= 11 is 0. The largest absolute Gasteiger partial charge is 0.497 e. The number of nitrogens with zero attached hydrogens (tertiary/aromatic N) is 3. The normalized spacial score (nSPS) is 13.1. The average Bonchev–Trinajstić information content (AvgIpc) is 3.49. The third kappa shape index (κ3) is 6.25. The van der Waals surface area contributed by atoms with E-state index in [-0.39, 0.29) is 35.0 Å². The predicted molar refractivity (Wildman–Crippen MR) is 166 cm³/mol. The molecule has 0 saturated heterocycles. The van der Waals surface area contributed by atoms with Crippen LogP contribution in [0.2, 0.25) is 0 Å². The highest BCUT2D eigenvalue weighted by molar-refractivity contribution is 7.92. The second kappa shape index (κ2) is 12.6. The maximum Gasteiger partial charge on any atom is 0.269 e. The van der Waals surface area contributed by atoms with Crippen LogP contribution in [0.25, 0.3) is 0 Å². The van der Waals surface area contributed by atoms with Gasteiger partial charge < -0.3 is 15.0 Å². The van der Waals surface area contributed by atoms with Gasteiger partial charge in [0.2, 0.25) is 5.91 Å². The van der Waals surface area contributed by atoms with Crippen LogP contribution < -0.4 is 19.3 Å². The summed E-state index contributed by atoms with van der Waals surface area (Å²) in [4.78, 5) is 39.2. The standard InChI is InChI=1S/C32H30N4O7S/c1-34(25-11-14-27(43-2)15-12-25)32(38)29(19-22-7-4-3-5-8-22)33-31(37)24-9-6-10-28(21-24)44(41,42)35-18-17-23-20-26(36(39)40)13-16-30(23)35/h3-16,20-21,29H,17-19H2,1-2H3,(H,33,37)/t29-/m0/s1. The molecule has 1 N–H and O–H groups in total. The molecular weight excluding hydrogens is 584 g/mol. The van der Waals surface area contributed by atoms with Crippen LogP contribution in [-0.2, 0) is 27.7 Å². The Hall–Kier alpha value is -5.23. The van der Waals surface area contributed by atoms with Crippen LogP contribution in [0, 0.1) is 10.1 Å². The van der Waals surface area contributed by atoms with Gasteiger partial charge in [-0.3, -0.25) is 24.0 Å². The Kier molecular flexibility index (Phi) is 8.63. The molecule has 1 atom stereocenters. The molecule has 4 aromatic rings. The summed E-state index contributed by atoms with van der Waals surface area (Å²) in [6, 6.07) is 24.9. The van der Waals surface area contributed by atoms with Gasteiger partial charge in [0.25, 0.3) is 21.6 Å². The molecule has 1 aliphatic rings. The summed E-state index contributed by atoms with van der Waals surface area (Å²) in [5, 5.41) is 14.0. The minimum atomic E-state index is -4.09. The van der Waals surface area contributed by atoms with E-state index in [0.717, 1.165) is 5.56 Å². The van der Waals surface area contributed by atoms with Gasteiger partial charge in [-0.2, -0.15) is 0 Å². The Bertz CT molecular complexity index is 1810. The summed E-state index contributed by atoms with van der Waals surface area (Å²) in [5.41, 5.74) is 2.30. The fourth-order valence-electron chi connectivity index (χ4n) is 5.10. The number of nitro groups is 1. The Morgan fingerprint density at radius 3 is 2.41 bits per heavy atom. The average molecular weight is 615 g/mol. The number of rotatable bonds is 10. The Balaban J connectivity index is 1.39. The van der Waals surface area contributed by atoms with Crippen molar-refractivity contribution in [2.24, 2.45) is 0 Å². The van der Waals surface area contributed by atoms with Crippen molar-refractivity contribution < 1.29 is 27.7 Å². The number of amides is 2. The first-order valence-corrected chi connectivity index (χ1v) is 15.2. The van der Waals surface area contributed by atoms with Crippen molar-refractivity contribution >= 4 is 38.9 Å². The molecule has 1 heterocycles. The summed E-state index contributed by atoms with van der Waals surface area (Å²) in [5.74, 6) is -0.340. The molecule has 0 fully saturated rings. The highest BCUT2D eigenvalue weighted by atomic mass is 32.2. The van der Waals surface area contributed by atoms with Crippen molar-refractivity contribution in [1.29, 1.82) is 0 Å². The topological polar surface area (TPSA) is 139 Å². The molecule has 1 aliphatic heterocycles. The molecule has 5 rings (SSSR count). The van der Waals surface area contributed by atoms with E-state index in [2.05, 4.69) is 5.32 Å². The van der Waals surface area contributed by atoms with Gasteiger partial charge in [-0.15, -0.1) is 0 Å². The maximum absolute atomic E-state index is 13.7. The van der Waals surface area contributed by atoms with Crippen LogP contribution in [0.3, 0.4) is 0 Å². The van der Waals surface area contributed by atoms with Crippen LogP contribution >= 0.6 is 0 Å². The quantitative estimate of drug-likeness (QED) is 0.207. The van der Waals surface area contributed by atoms with Gasteiger partial charge in [0, 0.05) is 43.4 Å². The Morgan fingerprint density at radius 2 is 1.73 bits per heavy atom. The maximum atomic E-state index is 13.7. The lowest BCUT2D eigenvalue weighted by Gasteiger charge is -2.25. The first-order valence-electron chi connectivity index (χ1n) is 13.7. The van der Waals surface area contributed by atoms with Crippen LogP contribution in [0.15, 0.2) is 102 Å². The number of likely N-dealkylation sites (N-methyl/N-ethyl adjacent to an activating group) is 1. The number of nitrogens with one attached hydrogen (secondary N) is 1. The van der Waals surface area contributed by atoms with Crippen molar-refractivity contribution in [2.45, 2.75) is 23.8 Å². The minimum absolute atomic E-state index is 0.0622. The van der Waals surface area contributed by atoms with Crippen molar-refractivity contribution in [3.8, 4) is 5.75 Å². The SMILES string of the molecule is COc1ccc(N(C)C(=O)[C@H](Cc2ccccc2)NC(=O)c2cccc(S(=O)(=O)N3CCc4cc([N+](=O)[O-])ccc43)c2)cc1. The van der Waals surface area contributed by atoms with Crippen molar-refractivity contribution in [3.63, 3.8) is 0 Å². The predicted octanol–water partition coefficient (Wildman–Crippen LogP) is 4.36. The van der Waals surface area contributed by atoms with E-state index in [1.165, 1.54) is 51.7 Å². The smallest absolute Gasteiger partial charge is 0.269 e. The number of ether oxygens (including phenoxy) is 1. The number of benzene rings is 4. The van der Waals surface area contributed by atoms with Gasteiger partial charge in [-0.1, -0.05) is 36.4 Å². The number of hydrogen-bond donors (Lipinski definition) is 1. The first kappa shape index (κ1) is 30.2. The molecule has 226 valence electrons. The summed E-state index contributed by atoms with van der Waals surface area (Å²) in [6.45, 7) is 0.112. The summed E-state index contributed by atoms with van der Waals surface area (Å²) in [6.07, 6.45) is 0.530. The van der Waals surface area contributed by atoms with E-state index in [9.17, 15) is 28.1 Å². The summed E-state index contributed by atoms with van der Waals surface area (Å²) < 4.78 is 33.7. The highest BCUT2D eigenvalue weighted by Crippen LogP contribution is 2.35. The molecule has 11 nitrogen and oxygen atoms in total. The van der Waals surface area contributed by atoms with E-state index in [0.29, 0.717) is 29.1 Å². The van der Waals surface area contributed by atoms with E-state index < -0.39 is 26.9 Å². The number of hydrogen-bond acceptors (Lipinski definition) is 7. The second-order valence-corrected chi connectivity index (χ2v) is 12.1. The van der Waals surface area contributed by atoms with Crippen molar-refractivity contribution in [1.82, 2.24) is 5.32 Å². The van der Waals surface area contributed by atoms with Crippen LogP contribution in [-0.4, -0.2) is 51.9 Å². The van der Waals surface area contributed by atoms with E-state index in [4.69, 9.17) is 4.74 Å². The molecule has 2 amide bonds. The third-order valence-corrected chi connectivity index (χ3v) is 9.30. The fraction of sp³-hybridized carbons (Fsp3) is 0.188. The lowest BCUT2D eigenvalue weighted by molar-refractivity contribution is -0.384. The number of sulfonamides is 1. The molecule has 0 aliphatic carbocycles. The van der Waals surface area contributed by atoms with Gasteiger partial charge in [-0.25, -0.2) is 8.42 Å². The summed E-state index contributed by atoms with van der Waals surface area (Å²) in [7, 11) is -0.927. The lowest BCUT2D eigenvalue weighted by Crippen LogP contribution is -2.48. The Morgan fingerprint density at radius 1 is 1.00 bits per heavy atom. The van der Waals surface area contributed by atoms with Gasteiger partial charge in [0.05, 0.1) is 22.6 Å². The number of non-ortho nitro benzene ring substituents is 1. The van der Waals surface area contributed by atoms with Crippen molar-refractivity contribution in [2.75, 3.05) is 29.9 Å². The molecule has 0 aromatic heterocycles. The number of carbonyl (C=O) groups is 2. The van der Waals surface area contributed by atoms with Crippen LogP contribution in [0.4, 0.5) is 17.1 Å². The fourth-order valence-corrected chi connectivity index (χ4v) is 6.65. The second-order valence-electron chi connectivity index (χ2n) is 10.2. The number of methoxy groups -OCH3 is 1. The van der Waals surface area contributed by atoms with Gasteiger partial charge in [0.15, 0.2) is 0 Å². The molecule has 0 bridgehead atoms. The zero-order valence-corrected chi connectivity index (χ0v) is 24.9. The molecule has 4 aromatic carbocycles. The monoisotopic (exact) mass is 614 g/mol. The molecular formula is C32H30N4O7S. The van der Waals surface area contributed by atoms with E-state index in [1.807, 2.05) is 30.3 Å². The molecule has 0 unspecified atom stereocenters. The van der Waals surface area contributed by atoms with E-state index in [1.54, 1.807) is 38.4 Å². The first-order chi connectivity index (χ1) is 21.1.